The molecule has 0 saturated carbocycles. The van der Waals surface area contributed by atoms with Crippen molar-refractivity contribution in [1.29, 1.82) is 0 Å². The number of hydrogen-bond acceptors (Lipinski definition) is 5. The average molecular weight is 230 g/mol. The van der Waals surface area contributed by atoms with Crippen molar-refractivity contribution in [1.82, 2.24) is 4.98 Å². The molecule has 1 aromatic heterocycles. The summed E-state index contributed by atoms with van der Waals surface area (Å²) < 4.78 is 4.79. The Labute approximate surface area is 91.1 Å². The maximum absolute atomic E-state index is 11.2. The number of esters is 1. The minimum Gasteiger partial charge on any atom is -0.461 e. The standard InChI is InChI=1S/C8H10N2O2S2/c1-2-12-8(11)5-4-14-7(10-5)3-6(9)13/h4H,2-3H2,1H3,(H2,9,13). The molecule has 1 rings (SSSR count). The van der Waals surface area contributed by atoms with Crippen LogP contribution in [0.5, 0.6) is 0 Å². The van der Waals surface area contributed by atoms with Crippen molar-refractivity contribution in [3.63, 3.8) is 0 Å². The van der Waals surface area contributed by atoms with Gasteiger partial charge in [-0.25, -0.2) is 9.78 Å². The lowest BCUT2D eigenvalue weighted by molar-refractivity contribution is 0.0520. The van der Waals surface area contributed by atoms with Crippen LogP contribution in [0.4, 0.5) is 0 Å². The molecule has 4 nitrogen and oxygen atoms in total. The van der Waals surface area contributed by atoms with E-state index in [0.717, 1.165) is 5.01 Å². The molecule has 6 heteroatoms. The van der Waals surface area contributed by atoms with Gasteiger partial charge in [-0.3, -0.25) is 0 Å². The lowest BCUT2D eigenvalue weighted by Crippen LogP contribution is -2.11. The topological polar surface area (TPSA) is 65.2 Å². The molecule has 1 heterocycles. The molecule has 0 aliphatic rings. The first-order valence-corrected chi connectivity index (χ1v) is 5.32. The maximum Gasteiger partial charge on any atom is 0.357 e. The predicted octanol–water partition coefficient (Wildman–Crippen LogP) is 1.15. The number of ether oxygens (including phenoxy) is 1. The monoisotopic (exact) mass is 230 g/mol. The first-order chi connectivity index (χ1) is 6.63. The molecule has 0 unspecified atom stereocenters. The van der Waals surface area contributed by atoms with Crippen molar-refractivity contribution in [3.8, 4) is 0 Å². The minimum absolute atomic E-state index is 0.322. The van der Waals surface area contributed by atoms with Gasteiger partial charge < -0.3 is 10.5 Å². The summed E-state index contributed by atoms with van der Waals surface area (Å²) in [5.41, 5.74) is 5.67. The highest BCUT2D eigenvalue weighted by molar-refractivity contribution is 7.80. The van der Waals surface area contributed by atoms with Crippen LogP contribution in [0.2, 0.25) is 0 Å². The summed E-state index contributed by atoms with van der Waals surface area (Å²) in [6, 6.07) is 0. The number of thiocarbonyl (C=S) groups is 1. The summed E-state index contributed by atoms with van der Waals surface area (Å²) in [5, 5.41) is 2.38. The second kappa shape index (κ2) is 5.02. The van der Waals surface area contributed by atoms with E-state index in [0.29, 0.717) is 23.7 Å². The number of nitrogens with zero attached hydrogens (tertiary/aromatic N) is 1. The van der Waals surface area contributed by atoms with Gasteiger partial charge in [-0.15, -0.1) is 11.3 Å². The number of carbonyl (C=O) groups is 1. The average Bonchev–Trinajstić information content (AvgIpc) is 2.52. The van der Waals surface area contributed by atoms with Gasteiger partial charge in [-0.1, -0.05) is 12.2 Å². The van der Waals surface area contributed by atoms with E-state index in [4.69, 9.17) is 22.7 Å². The van der Waals surface area contributed by atoms with E-state index in [9.17, 15) is 4.79 Å². The van der Waals surface area contributed by atoms with E-state index in [1.807, 2.05) is 0 Å². The number of aromatic nitrogens is 1. The van der Waals surface area contributed by atoms with Gasteiger partial charge in [0, 0.05) is 11.8 Å². The van der Waals surface area contributed by atoms with Crippen molar-refractivity contribution in [2.45, 2.75) is 13.3 Å². The Morgan fingerprint density at radius 3 is 3.07 bits per heavy atom. The molecule has 0 saturated heterocycles. The zero-order chi connectivity index (χ0) is 10.6. The number of carbonyl (C=O) groups excluding carboxylic acids is 1. The van der Waals surface area contributed by atoms with Crippen LogP contribution in [0, 0.1) is 0 Å². The molecule has 0 radical (unpaired) electrons. The fourth-order valence-corrected chi connectivity index (χ4v) is 1.85. The van der Waals surface area contributed by atoms with E-state index in [1.54, 1.807) is 12.3 Å². The molecule has 0 aliphatic heterocycles. The third-order valence-electron chi connectivity index (χ3n) is 1.36. The van der Waals surface area contributed by atoms with Gasteiger partial charge in [0.25, 0.3) is 0 Å². The molecule has 0 spiro atoms. The highest BCUT2D eigenvalue weighted by atomic mass is 32.1. The third-order valence-corrected chi connectivity index (χ3v) is 2.35. The molecule has 76 valence electrons. The van der Waals surface area contributed by atoms with Gasteiger partial charge in [0.05, 0.1) is 11.6 Å². The molecule has 1 aromatic rings. The van der Waals surface area contributed by atoms with Crippen molar-refractivity contribution in [2.75, 3.05) is 6.61 Å². The first kappa shape index (κ1) is 11.1. The van der Waals surface area contributed by atoms with Crippen LogP contribution in [-0.4, -0.2) is 22.5 Å². The Hall–Kier alpha value is -1.01. The Morgan fingerprint density at radius 1 is 1.79 bits per heavy atom. The molecule has 0 bridgehead atoms. The van der Waals surface area contributed by atoms with Gasteiger partial charge in [-0.2, -0.15) is 0 Å². The quantitative estimate of drug-likeness (QED) is 0.621. The minimum atomic E-state index is -0.405. The van der Waals surface area contributed by atoms with Crippen molar-refractivity contribution in [3.05, 3.63) is 16.1 Å². The maximum atomic E-state index is 11.2. The Balaban J connectivity index is 2.67. The lowest BCUT2D eigenvalue weighted by atomic mass is 10.4. The SMILES string of the molecule is CCOC(=O)c1csc(CC(N)=S)n1. The fourth-order valence-electron chi connectivity index (χ4n) is 0.840. The van der Waals surface area contributed by atoms with E-state index in [2.05, 4.69) is 4.98 Å². The molecule has 14 heavy (non-hydrogen) atoms. The lowest BCUT2D eigenvalue weighted by Gasteiger charge is -1.96. The van der Waals surface area contributed by atoms with Gasteiger partial charge in [0.2, 0.25) is 0 Å². The van der Waals surface area contributed by atoms with Crippen LogP contribution < -0.4 is 5.73 Å². The Kier molecular flexibility index (Phi) is 3.97. The highest BCUT2D eigenvalue weighted by Gasteiger charge is 2.11. The molecule has 0 aromatic carbocycles. The first-order valence-electron chi connectivity index (χ1n) is 4.03. The molecule has 0 atom stereocenters. The van der Waals surface area contributed by atoms with Gasteiger partial charge in [-0.05, 0) is 6.92 Å². The summed E-state index contributed by atoms with van der Waals surface area (Å²) in [6.45, 7) is 2.10. The Bertz CT molecular complexity index is 349. The predicted molar refractivity (Wildman–Crippen MR) is 58.6 cm³/mol. The molecular weight excluding hydrogens is 220 g/mol. The second-order valence-corrected chi connectivity index (χ2v) is 3.96. The normalized spacial score (nSPS) is 9.79. The molecule has 0 fully saturated rings. The number of nitrogens with two attached hydrogens (primary N) is 1. The summed E-state index contributed by atoms with van der Waals surface area (Å²) >= 11 is 6.08. The van der Waals surface area contributed by atoms with Crippen molar-refractivity contribution >= 4 is 34.5 Å². The van der Waals surface area contributed by atoms with Crippen molar-refractivity contribution < 1.29 is 9.53 Å². The van der Waals surface area contributed by atoms with Crippen LogP contribution in [0.3, 0.4) is 0 Å². The molecule has 0 amide bonds. The van der Waals surface area contributed by atoms with Crippen LogP contribution >= 0.6 is 23.6 Å². The van der Waals surface area contributed by atoms with E-state index < -0.39 is 5.97 Å². The van der Waals surface area contributed by atoms with Crippen LogP contribution in [0.1, 0.15) is 22.4 Å². The van der Waals surface area contributed by atoms with E-state index in [1.165, 1.54) is 11.3 Å². The smallest absolute Gasteiger partial charge is 0.357 e. The highest BCUT2D eigenvalue weighted by Crippen LogP contribution is 2.11. The summed E-state index contributed by atoms with van der Waals surface area (Å²) in [5.74, 6) is -0.405. The van der Waals surface area contributed by atoms with Gasteiger partial charge in [0.15, 0.2) is 5.69 Å². The number of hydrogen-bond donors (Lipinski definition) is 1. The van der Waals surface area contributed by atoms with Gasteiger partial charge >= 0.3 is 5.97 Å². The van der Waals surface area contributed by atoms with E-state index >= 15 is 0 Å². The number of thiazole rings is 1. The fraction of sp³-hybridized carbons (Fsp3) is 0.375. The van der Waals surface area contributed by atoms with Gasteiger partial charge in [0.1, 0.15) is 5.01 Å². The van der Waals surface area contributed by atoms with Crippen LogP contribution in [0.25, 0.3) is 0 Å². The third kappa shape index (κ3) is 3.04. The number of rotatable bonds is 4. The zero-order valence-corrected chi connectivity index (χ0v) is 9.28. The summed E-state index contributed by atoms with van der Waals surface area (Å²) in [7, 11) is 0. The van der Waals surface area contributed by atoms with Crippen molar-refractivity contribution in [2.24, 2.45) is 5.73 Å². The summed E-state index contributed by atoms with van der Waals surface area (Å²) in [6.07, 6.45) is 0.430. The zero-order valence-electron chi connectivity index (χ0n) is 7.65. The summed E-state index contributed by atoms with van der Waals surface area (Å²) in [4.78, 5) is 15.6. The molecule has 2 N–H and O–H groups in total. The Morgan fingerprint density at radius 2 is 2.50 bits per heavy atom. The van der Waals surface area contributed by atoms with Crippen LogP contribution in [0.15, 0.2) is 5.38 Å². The molecular formula is C8H10N2O2S2. The molecule has 0 aliphatic carbocycles. The van der Waals surface area contributed by atoms with E-state index in [-0.39, 0.29) is 0 Å². The second-order valence-electron chi connectivity index (χ2n) is 2.49. The van der Waals surface area contributed by atoms with Crippen LogP contribution in [-0.2, 0) is 11.2 Å². The largest absolute Gasteiger partial charge is 0.461 e.